The van der Waals surface area contributed by atoms with Crippen LogP contribution in [0.25, 0.3) is 0 Å². The van der Waals surface area contributed by atoms with E-state index in [9.17, 15) is 0 Å². The van der Waals surface area contributed by atoms with Crippen molar-refractivity contribution < 1.29 is 0 Å². The third-order valence-electron chi connectivity index (χ3n) is 3.84. The highest BCUT2D eigenvalue weighted by atomic mass is 15.3. The minimum absolute atomic E-state index is 0.0950. The molecule has 3 heteroatoms. The van der Waals surface area contributed by atoms with Gasteiger partial charge in [0.1, 0.15) is 0 Å². The van der Waals surface area contributed by atoms with Crippen molar-refractivity contribution in [3.05, 3.63) is 18.0 Å². The standard InChI is InChI=1S/C13H23N3/c1-11(2)13(8-5-4-6-9-14-13)12-7-10-16(3)15-12/h7,10-11,14H,4-6,8-9H2,1-3H3. The molecular weight excluding hydrogens is 198 g/mol. The van der Waals surface area contributed by atoms with Crippen molar-refractivity contribution in [1.82, 2.24) is 15.1 Å². The van der Waals surface area contributed by atoms with Gasteiger partial charge in [0, 0.05) is 13.2 Å². The van der Waals surface area contributed by atoms with Gasteiger partial charge < -0.3 is 5.32 Å². The quantitative estimate of drug-likeness (QED) is 0.831. The Labute approximate surface area is 98.2 Å². The Morgan fingerprint density at radius 2 is 2.19 bits per heavy atom. The monoisotopic (exact) mass is 221 g/mol. The summed E-state index contributed by atoms with van der Waals surface area (Å²) in [5.74, 6) is 0.584. The Hall–Kier alpha value is -0.830. The molecule has 1 aliphatic heterocycles. The van der Waals surface area contributed by atoms with Crippen LogP contribution >= 0.6 is 0 Å². The first-order chi connectivity index (χ1) is 7.65. The van der Waals surface area contributed by atoms with Crippen molar-refractivity contribution in [2.45, 2.75) is 45.1 Å². The summed E-state index contributed by atoms with van der Waals surface area (Å²) >= 11 is 0. The van der Waals surface area contributed by atoms with Crippen LogP contribution in [0, 0.1) is 5.92 Å². The Morgan fingerprint density at radius 3 is 2.81 bits per heavy atom. The summed E-state index contributed by atoms with van der Waals surface area (Å²) < 4.78 is 1.91. The van der Waals surface area contributed by atoms with Crippen molar-refractivity contribution in [2.75, 3.05) is 6.54 Å². The SMILES string of the molecule is CC(C)C1(c2ccn(C)n2)CCCCCN1. The van der Waals surface area contributed by atoms with E-state index in [1.165, 1.54) is 31.4 Å². The van der Waals surface area contributed by atoms with Gasteiger partial charge in [-0.15, -0.1) is 0 Å². The fraction of sp³-hybridized carbons (Fsp3) is 0.769. The molecule has 0 aliphatic carbocycles. The van der Waals surface area contributed by atoms with Gasteiger partial charge in [-0.05, 0) is 31.4 Å². The molecule has 1 atom stereocenters. The molecule has 16 heavy (non-hydrogen) atoms. The zero-order chi connectivity index (χ0) is 11.6. The average Bonchev–Trinajstić information content (AvgIpc) is 2.55. The molecule has 0 bridgehead atoms. The van der Waals surface area contributed by atoms with Gasteiger partial charge in [-0.2, -0.15) is 5.10 Å². The summed E-state index contributed by atoms with van der Waals surface area (Å²) in [7, 11) is 1.99. The van der Waals surface area contributed by atoms with Crippen LogP contribution in [-0.4, -0.2) is 16.3 Å². The summed E-state index contributed by atoms with van der Waals surface area (Å²) in [6.45, 7) is 5.72. The van der Waals surface area contributed by atoms with Gasteiger partial charge in [-0.25, -0.2) is 0 Å². The summed E-state index contributed by atoms with van der Waals surface area (Å²) in [4.78, 5) is 0. The van der Waals surface area contributed by atoms with Gasteiger partial charge in [-0.1, -0.05) is 26.7 Å². The third kappa shape index (κ3) is 2.01. The largest absolute Gasteiger partial charge is 0.306 e. The van der Waals surface area contributed by atoms with Gasteiger partial charge in [-0.3, -0.25) is 4.68 Å². The normalized spacial score (nSPS) is 27.0. The lowest BCUT2D eigenvalue weighted by molar-refractivity contribution is 0.222. The van der Waals surface area contributed by atoms with Crippen molar-refractivity contribution in [3.63, 3.8) is 0 Å². The molecule has 1 N–H and O–H groups in total. The van der Waals surface area contributed by atoms with Gasteiger partial charge in [0.2, 0.25) is 0 Å². The molecule has 0 saturated carbocycles. The first-order valence-electron chi connectivity index (χ1n) is 6.40. The van der Waals surface area contributed by atoms with Crippen LogP contribution in [-0.2, 0) is 12.6 Å². The molecule has 1 aromatic heterocycles. The number of rotatable bonds is 2. The van der Waals surface area contributed by atoms with Crippen LogP contribution in [0.15, 0.2) is 12.3 Å². The van der Waals surface area contributed by atoms with Crippen molar-refractivity contribution in [2.24, 2.45) is 13.0 Å². The highest BCUT2D eigenvalue weighted by Crippen LogP contribution is 2.35. The van der Waals surface area contributed by atoms with E-state index in [4.69, 9.17) is 0 Å². The maximum absolute atomic E-state index is 4.62. The zero-order valence-electron chi connectivity index (χ0n) is 10.7. The van der Waals surface area contributed by atoms with Crippen LogP contribution < -0.4 is 5.32 Å². The third-order valence-corrected chi connectivity index (χ3v) is 3.84. The van der Waals surface area contributed by atoms with Gasteiger partial charge in [0.05, 0.1) is 11.2 Å². The maximum atomic E-state index is 4.62. The van der Waals surface area contributed by atoms with Gasteiger partial charge >= 0.3 is 0 Å². The van der Waals surface area contributed by atoms with E-state index < -0.39 is 0 Å². The fourth-order valence-electron chi connectivity index (χ4n) is 2.77. The van der Waals surface area contributed by atoms with Crippen molar-refractivity contribution >= 4 is 0 Å². The number of aromatic nitrogens is 2. The minimum atomic E-state index is 0.0950. The molecule has 0 aromatic carbocycles. The molecule has 90 valence electrons. The van der Waals surface area contributed by atoms with E-state index in [0.717, 1.165) is 6.54 Å². The average molecular weight is 221 g/mol. The fourth-order valence-corrected chi connectivity index (χ4v) is 2.77. The summed E-state index contributed by atoms with van der Waals surface area (Å²) in [6.07, 6.45) is 7.20. The molecule has 2 heterocycles. The first kappa shape index (κ1) is 11.6. The molecule has 2 rings (SSSR count). The van der Waals surface area contributed by atoms with E-state index in [2.05, 4.69) is 30.3 Å². The minimum Gasteiger partial charge on any atom is -0.306 e. The van der Waals surface area contributed by atoms with Crippen LogP contribution in [0.1, 0.15) is 45.2 Å². The number of nitrogens with one attached hydrogen (secondary N) is 1. The predicted octanol–water partition coefficient (Wildman–Crippen LogP) is 2.43. The summed E-state index contributed by atoms with van der Waals surface area (Å²) in [6, 6.07) is 2.16. The molecule has 0 radical (unpaired) electrons. The smallest absolute Gasteiger partial charge is 0.0827 e. The second kappa shape index (κ2) is 4.58. The lowest BCUT2D eigenvalue weighted by Crippen LogP contribution is -2.46. The van der Waals surface area contributed by atoms with E-state index >= 15 is 0 Å². The van der Waals surface area contributed by atoms with Crippen LogP contribution in [0.5, 0.6) is 0 Å². The first-order valence-corrected chi connectivity index (χ1v) is 6.40. The molecule has 3 nitrogen and oxygen atoms in total. The van der Waals surface area contributed by atoms with E-state index in [1.807, 2.05) is 17.9 Å². The Balaban J connectivity index is 2.33. The maximum Gasteiger partial charge on any atom is 0.0827 e. The van der Waals surface area contributed by atoms with E-state index in [-0.39, 0.29) is 5.54 Å². The Morgan fingerprint density at radius 1 is 1.38 bits per heavy atom. The van der Waals surface area contributed by atoms with Crippen LogP contribution in [0.2, 0.25) is 0 Å². The van der Waals surface area contributed by atoms with Crippen molar-refractivity contribution in [1.29, 1.82) is 0 Å². The molecule has 1 saturated heterocycles. The van der Waals surface area contributed by atoms with Gasteiger partial charge in [0.25, 0.3) is 0 Å². The number of hydrogen-bond acceptors (Lipinski definition) is 2. The molecule has 1 fully saturated rings. The van der Waals surface area contributed by atoms with Crippen LogP contribution in [0.4, 0.5) is 0 Å². The molecule has 0 amide bonds. The second-order valence-electron chi connectivity index (χ2n) is 5.24. The molecule has 1 aliphatic rings. The molecule has 0 spiro atoms. The lowest BCUT2D eigenvalue weighted by atomic mass is 9.80. The molecule has 1 aromatic rings. The number of nitrogens with zero attached hydrogens (tertiary/aromatic N) is 2. The predicted molar refractivity (Wildman–Crippen MR) is 66.2 cm³/mol. The Bertz CT molecular complexity index is 333. The highest BCUT2D eigenvalue weighted by Gasteiger charge is 2.37. The second-order valence-corrected chi connectivity index (χ2v) is 5.24. The Kier molecular flexibility index (Phi) is 3.33. The summed E-state index contributed by atoms with van der Waals surface area (Å²) in [5, 5.41) is 8.37. The van der Waals surface area contributed by atoms with Gasteiger partial charge in [0.15, 0.2) is 0 Å². The lowest BCUT2D eigenvalue weighted by Gasteiger charge is -2.36. The highest BCUT2D eigenvalue weighted by molar-refractivity contribution is 5.16. The van der Waals surface area contributed by atoms with Crippen LogP contribution in [0.3, 0.4) is 0 Å². The molecule has 1 unspecified atom stereocenters. The topological polar surface area (TPSA) is 29.9 Å². The summed E-state index contributed by atoms with van der Waals surface area (Å²) in [5.41, 5.74) is 1.31. The van der Waals surface area contributed by atoms with E-state index in [1.54, 1.807) is 0 Å². The van der Waals surface area contributed by atoms with E-state index in [0.29, 0.717) is 5.92 Å². The van der Waals surface area contributed by atoms with Crippen molar-refractivity contribution in [3.8, 4) is 0 Å². The number of hydrogen-bond donors (Lipinski definition) is 1. The zero-order valence-corrected chi connectivity index (χ0v) is 10.7. The molecular formula is C13H23N3. The number of aryl methyl sites for hydroxylation is 1.